The number of piperazine rings is 1. The molecule has 0 radical (unpaired) electrons. The summed E-state index contributed by atoms with van der Waals surface area (Å²) in [6, 6.07) is 7.18. The molecule has 112 valence electrons. The third-order valence-electron chi connectivity index (χ3n) is 3.45. The molecule has 0 atom stereocenters. The van der Waals surface area contributed by atoms with Crippen molar-refractivity contribution in [1.82, 2.24) is 9.80 Å². The number of anilines is 1. The van der Waals surface area contributed by atoms with E-state index in [1.54, 1.807) is 12.1 Å². The van der Waals surface area contributed by atoms with E-state index in [0.717, 1.165) is 38.3 Å². The van der Waals surface area contributed by atoms with Crippen molar-refractivity contribution in [3.8, 4) is 0 Å². The molecular weight excluding hydrogens is 267 g/mol. The molecule has 3 nitrogen and oxygen atoms in total. The first-order valence-electron chi connectivity index (χ1n) is 6.73. The Morgan fingerprint density at radius 3 is 2.20 bits per heavy atom. The molecule has 0 bridgehead atoms. The molecule has 6 heteroatoms. The zero-order valence-electron chi connectivity index (χ0n) is 11.6. The van der Waals surface area contributed by atoms with E-state index < -0.39 is 12.7 Å². The predicted molar refractivity (Wildman–Crippen MR) is 73.8 cm³/mol. The monoisotopic (exact) mass is 287 g/mol. The van der Waals surface area contributed by atoms with Crippen LogP contribution < -0.4 is 5.32 Å². The highest BCUT2D eigenvalue weighted by Gasteiger charge is 2.26. The van der Waals surface area contributed by atoms with Crippen LogP contribution in [0.1, 0.15) is 5.56 Å². The summed E-state index contributed by atoms with van der Waals surface area (Å²) in [6.45, 7) is 4.05. The van der Waals surface area contributed by atoms with Crippen LogP contribution in [0.25, 0.3) is 0 Å². The number of hydrogen-bond donors (Lipinski definition) is 1. The Morgan fingerprint density at radius 1 is 1.05 bits per heavy atom. The van der Waals surface area contributed by atoms with Crippen LogP contribution in [-0.2, 0) is 6.54 Å². The molecule has 0 amide bonds. The fraction of sp³-hybridized carbons (Fsp3) is 0.571. The highest BCUT2D eigenvalue weighted by molar-refractivity contribution is 5.44. The Morgan fingerprint density at radius 2 is 1.65 bits per heavy atom. The average Bonchev–Trinajstić information content (AvgIpc) is 2.40. The highest BCUT2D eigenvalue weighted by Crippen LogP contribution is 2.17. The predicted octanol–water partition coefficient (Wildman–Crippen LogP) is 2.41. The molecule has 1 aromatic carbocycles. The molecular formula is C14H20F3N3. The maximum atomic E-state index is 12.1. The summed E-state index contributed by atoms with van der Waals surface area (Å²) in [5.41, 5.74) is 1.64. The third-order valence-corrected chi connectivity index (χ3v) is 3.45. The van der Waals surface area contributed by atoms with Crippen molar-refractivity contribution in [1.29, 1.82) is 0 Å². The van der Waals surface area contributed by atoms with Crippen LogP contribution in [-0.4, -0.2) is 55.7 Å². The Balaban J connectivity index is 1.82. The summed E-state index contributed by atoms with van der Waals surface area (Å²) in [5.74, 6) is 0. The molecule has 2 rings (SSSR count). The van der Waals surface area contributed by atoms with Crippen LogP contribution >= 0.6 is 0 Å². The average molecular weight is 287 g/mol. The van der Waals surface area contributed by atoms with Crippen molar-refractivity contribution in [2.24, 2.45) is 0 Å². The summed E-state index contributed by atoms with van der Waals surface area (Å²) < 4.78 is 36.3. The van der Waals surface area contributed by atoms with Crippen LogP contribution in [0, 0.1) is 0 Å². The van der Waals surface area contributed by atoms with Crippen molar-refractivity contribution in [3.05, 3.63) is 29.8 Å². The van der Waals surface area contributed by atoms with Gasteiger partial charge in [0.25, 0.3) is 0 Å². The Bertz CT molecular complexity index is 409. The Hall–Kier alpha value is -1.27. The zero-order valence-corrected chi connectivity index (χ0v) is 11.6. The van der Waals surface area contributed by atoms with Gasteiger partial charge in [-0.3, -0.25) is 4.90 Å². The smallest absolute Gasteiger partial charge is 0.376 e. The van der Waals surface area contributed by atoms with Crippen LogP contribution in [0.4, 0.5) is 18.9 Å². The van der Waals surface area contributed by atoms with Crippen molar-refractivity contribution in [2.75, 3.05) is 45.1 Å². The minimum Gasteiger partial charge on any atom is -0.376 e. The van der Waals surface area contributed by atoms with E-state index in [-0.39, 0.29) is 0 Å². The van der Waals surface area contributed by atoms with Crippen LogP contribution in [0.5, 0.6) is 0 Å². The van der Waals surface area contributed by atoms with Gasteiger partial charge in [-0.25, -0.2) is 0 Å². The SMILES string of the molecule is CN1CCN(Cc2ccc(NCC(F)(F)F)cc2)CC1. The van der Waals surface area contributed by atoms with Crippen molar-refractivity contribution >= 4 is 5.69 Å². The molecule has 0 unspecified atom stereocenters. The van der Waals surface area contributed by atoms with Gasteiger partial charge >= 0.3 is 6.18 Å². The lowest BCUT2D eigenvalue weighted by Gasteiger charge is -2.32. The van der Waals surface area contributed by atoms with Gasteiger partial charge in [0, 0.05) is 38.4 Å². The summed E-state index contributed by atoms with van der Waals surface area (Å²) in [7, 11) is 2.11. The van der Waals surface area contributed by atoms with Gasteiger partial charge in [-0.05, 0) is 24.7 Å². The second-order valence-electron chi connectivity index (χ2n) is 5.25. The number of nitrogens with zero attached hydrogens (tertiary/aromatic N) is 2. The summed E-state index contributed by atoms with van der Waals surface area (Å²) >= 11 is 0. The zero-order chi connectivity index (χ0) is 14.6. The van der Waals surface area contributed by atoms with E-state index in [1.165, 1.54) is 0 Å². The number of benzene rings is 1. The van der Waals surface area contributed by atoms with E-state index in [9.17, 15) is 13.2 Å². The fourth-order valence-corrected chi connectivity index (χ4v) is 2.19. The van der Waals surface area contributed by atoms with Gasteiger partial charge < -0.3 is 10.2 Å². The van der Waals surface area contributed by atoms with Gasteiger partial charge in [-0.1, -0.05) is 12.1 Å². The van der Waals surface area contributed by atoms with Crippen molar-refractivity contribution in [3.63, 3.8) is 0 Å². The standard InChI is InChI=1S/C14H20F3N3/c1-19-6-8-20(9-7-19)10-12-2-4-13(5-3-12)18-11-14(15,16)17/h2-5,18H,6-11H2,1H3. The van der Waals surface area contributed by atoms with Crippen LogP contribution in [0.2, 0.25) is 0 Å². The summed E-state index contributed by atoms with van der Waals surface area (Å²) in [5, 5.41) is 2.38. The van der Waals surface area contributed by atoms with Crippen molar-refractivity contribution < 1.29 is 13.2 Å². The molecule has 1 heterocycles. The molecule has 1 aliphatic rings. The van der Waals surface area contributed by atoms with E-state index in [0.29, 0.717) is 5.69 Å². The first kappa shape index (κ1) is 15.1. The van der Waals surface area contributed by atoms with Crippen LogP contribution in [0.15, 0.2) is 24.3 Å². The van der Waals surface area contributed by atoms with Gasteiger partial charge in [-0.2, -0.15) is 13.2 Å². The minimum atomic E-state index is -4.18. The van der Waals surface area contributed by atoms with E-state index in [1.807, 2.05) is 12.1 Å². The molecule has 1 aliphatic heterocycles. The normalized spacial score (nSPS) is 18.2. The highest BCUT2D eigenvalue weighted by atomic mass is 19.4. The van der Waals surface area contributed by atoms with Gasteiger partial charge in [0.05, 0.1) is 0 Å². The molecule has 1 saturated heterocycles. The van der Waals surface area contributed by atoms with Gasteiger partial charge in [0.2, 0.25) is 0 Å². The number of likely N-dealkylation sites (N-methyl/N-ethyl adjacent to an activating group) is 1. The Labute approximate surface area is 117 Å². The molecule has 20 heavy (non-hydrogen) atoms. The summed E-state index contributed by atoms with van der Waals surface area (Å²) in [6.07, 6.45) is -4.18. The fourth-order valence-electron chi connectivity index (χ4n) is 2.19. The van der Waals surface area contributed by atoms with Gasteiger partial charge in [-0.15, -0.1) is 0 Å². The number of rotatable bonds is 4. The van der Waals surface area contributed by atoms with E-state index >= 15 is 0 Å². The van der Waals surface area contributed by atoms with E-state index in [4.69, 9.17) is 0 Å². The molecule has 0 saturated carbocycles. The lowest BCUT2D eigenvalue weighted by molar-refractivity contribution is -0.115. The van der Waals surface area contributed by atoms with Gasteiger partial charge in [0.15, 0.2) is 0 Å². The lowest BCUT2D eigenvalue weighted by Crippen LogP contribution is -2.43. The minimum absolute atomic E-state index is 0.504. The molecule has 1 N–H and O–H groups in total. The number of hydrogen-bond acceptors (Lipinski definition) is 3. The van der Waals surface area contributed by atoms with E-state index in [2.05, 4.69) is 22.2 Å². The Kier molecular flexibility index (Phi) is 4.88. The molecule has 1 aromatic rings. The maximum absolute atomic E-state index is 12.1. The molecule has 0 aliphatic carbocycles. The maximum Gasteiger partial charge on any atom is 0.405 e. The second kappa shape index (κ2) is 6.45. The van der Waals surface area contributed by atoms with Crippen LogP contribution in [0.3, 0.4) is 0 Å². The molecule has 0 aromatic heterocycles. The second-order valence-corrected chi connectivity index (χ2v) is 5.25. The topological polar surface area (TPSA) is 18.5 Å². The number of alkyl halides is 3. The lowest BCUT2D eigenvalue weighted by atomic mass is 10.2. The molecule has 0 spiro atoms. The first-order valence-corrected chi connectivity index (χ1v) is 6.73. The van der Waals surface area contributed by atoms with Gasteiger partial charge in [0.1, 0.15) is 6.54 Å². The van der Waals surface area contributed by atoms with Crippen molar-refractivity contribution in [2.45, 2.75) is 12.7 Å². The molecule has 1 fully saturated rings. The number of nitrogens with one attached hydrogen (secondary N) is 1. The third kappa shape index (κ3) is 5.02. The number of halogens is 3. The largest absolute Gasteiger partial charge is 0.405 e. The quantitative estimate of drug-likeness (QED) is 0.917. The first-order chi connectivity index (χ1) is 9.42. The summed E-state index contributed by atoms with van der Waals surface area (Å²) in [4.78, 5) is 4.65.